The fraction of sp³-hybridized carbons (Fsp3) is 0.458. The fourth-order valence-corrected chi connectivity index (χ4v) is 4.86. The Labute approximate surface area is 206 Å². The van der Waals surface area contributed by atoms with E-state index in [9.17, 15) is 39.9 Å². The quantitative estimate of drug-likeness (QED) is 0.313. The van der Waals surface area contributed by atoms with Crippen LogP contribution in [0, 0.1) is 5.92 Å². The molecule has 0 aliphatic heterocycles. The standard InChI is InChI=1S/C24H25F6NO4S/c1-2-13-35-22(23(25,26)27,24(28,29)30)19-11-9-18(10-12-19)21(32)31-14-15-3-5-16(6-4-15)20(36(33)34)17-7-8-17/h3-6,9-12,17,20H,2,7-8,13-14H2,1H3,(H,31,32)(H,33,34)/p-1. The average molecular weight is 537 g/mol. The summed E-state index contributed by atoms with van der Waals surface area (Å²) in [5.74, 6) is -0.612. The van der Waals surface area contributed by atoms with E-state index in [1.54, 1.807) is 24.3 Å². The molecule has 1 amide bonds. The zero-order chi connectivity index (χ0) is 26.7. The van der Waals surface area contributed by atoms with Crippen LogP contribution in [-0.4, -0.2) is 33.6 Å². The summed E-state index contributed by atoms with van der Waals surface area (Å²) < 4.78 is 109. The molecule has 0 saturated heterocycles. The number of hydrogen-bond donors (Lipinski definition) is 1. The minimum atomic E-state index is -5.78. The Morgan fingerprint density at radius 1 is 1.03 bits per heavy atom. The Balaban J connectivity index is 1.72. The number of ether oxygens (including phenoxy) is 1. The van der Waals surface area contributed by atoms with Gasteiger partial charge in [-0.1, -0.05) is 43.3 Å². The third kappa shape index (κ3) is 5.92. The SMILES string of the molecule is CCCOC(c1ccc(C(=O)NCc2ccc(C(C3CC3)S(=O)[O-])cc2)cc1)(C(F)(F)F)C(F)(F)F. The van der Waals surface area contributed by atoms with Crippen molar-refractivity contribution in [3.8, 4) is 0 Å². The number of hydrogen-bond acceptors (Lipinski definition) is 4. The summed E-state index contributed by atoms with van der Waals surface area (Å²) >= 11 is -2.26. The van der Waals surface area contributed by atoms with Crippen LogP contribution in [0.2, 0.25) is 0 Å². The van der Waals surface area contributed by atoms with Gasteiger partial charge in [0, 0.05) is 29.5 Å². The van der Waals surface area contributed by atoms with Gasteiger partial charge in [-0.15, -0.1) is 0 Å². The Hall–Kier alpha value is -2.44. The van der Waals surface area contributed by atoms with Crippen LogP contribution in [0.25, 0.3) is 0 Å². The number of alkyl halides is 6. The molecule has 0 radical (unpaired) electrons. The van der Waals surface area contributed by atoms with Gasteiger partial charge in [0.15, 0.2) is 0 Å². The molecule has 1 aliphatic carbocycles. The molecule has 1 aliphatic rings. The summed E-state index contributed by atoms with van der Waals surface area (Å²) in [6.07, 6.45) is -9.95. The van der Waals surface area contributed by atoms with Crippen molar-refractivity contribution in [2.45, 2.75) is 55.9 Å². The van der Waals surface area contributed by atoms with Crippen LogP contribution in [0.3, 0.4) is 0 Å². The number of carbonyl (C=O) groups excluding carboxylic acids is 1. The van der Waals surface area contributed by atoms with Gasteiger partial charge in [0.05, 0.1) is 0 Å². The normalized spacial score (nSPS) is 16.4. The molecule has 198 valence electrons. The second-order valence-corrected chi connectivity index (χ2v) is 9.57. The van der Waals surface area contributed by atoms with E-state index in [4.69, 9.17) is 0 Å². The van der Waals surface area contributed by atoms with Gasteiger partial charge in [0.25, 0.3) is 11.5 Å². The molecule has 0 spiro atoms. The van der Waals surface area contributed by atoms with Crippen LogP contribution in [0.5, 0.6) is 0 Å². The Morgan fingerprint density at radius 2 is 1.58 bits per heavy atom. The van der Waals surface area contributed by atoms with Gasteiger partial charge in [0.1, 0.15) is 0 Å². The van der Waals surface area contributed by atoms with Gasteiger partial charge < -0.3 is 14.6 Å². The van der Waals surface area contributed by atoms with E-state index in [0.717, 1.165) is 25.0 Å². The molecule has 2 unspecified atom stereocenters. The maximum Gasteiger partial charge on any atom is 0.430 e. The molecule has 1 saturated carbocycles. The Bertz CT molecular complexity index is 1050. The van der Waals surface area contributed by atoms with Gasteiger partial charge in [-0.25, -0.2) is 0 Å². The molecule has 2 aromatic rings. The highest BCUT2D eigenvalue weighted by Crippen LogP contribution is 2.53. The van der Waals surface area contributed by atoms with Gasteiger partial charge in [-0.2, -0.15) is 26.3 Å². The van der Waals surface area contributed by atoms with E-state index in [-0.39, 0.29) is 24.4 Å². The molecule has 0 aromatic heterocycles. The molecular weight excluding hydrogens is 512 g/mol. The number of amides is 1. The number of halogens is 6. The van der Waals surface area contributed by atoms with Crippen molar-refractivity contribution in [1.29, 1.82) is 0 Å². The average Bonchev–Trinajstić information content (AvgIpc) is 3.62. The van der Waals surface area contributed by atoms with Crippen molar-refractivity contribution in [2.24, 2.45) is 5.92 Å². The molecule has 5 nitrogen and oxygen atoms in total. The molecule has 3 rings (SSSR count). The fourth-order valence-electron chi connectivity index (χ4n) is 3.90. The second-order valence-electron chi connectivity index (χ2n) is 8.55. The van der Waals surface area contributed by atoms with Crippen molar-refractivity contribution >= 4 is 17.0 Å². The van der Waals surface area contributed by atoms with Crippen molar-refractivity contribution < 1.29 is 44.6 Å². The first kappa shape index (κ1) is 28.1. The minimum Gasteiger partial charge on any atom is -0.772 e. The predicted molar refractivity (Wildman–Crippen MR) is 118 cm³/mol. The number of benzene rings is 2. The van der Waals surface area contributed by atoms with Crippen LogP contribution in [0.4, 0.5) is 26.3 Å². The number of carbonyl (C=O) groups is 1. The van der Waals surface area contributed by atoms with Crippen LogP contribution in [0.1, 0.15) is 58.5 Å². The summed E-state index contributed by atoms with van der Waals surface area (Å²) in [5, 5.41) is 1.95. The predicted octanol–water partition coefficient (Wildman–Crippen LogP) is 5.69. The lowest BCUT2D eigenvalue weighted by molar-refractivity contribution is -0.389. The van der Waals surface area contributed by atoms with Crippen LogP contribution >= 0.6 is 0 Å². The smallest absolute Gasteiger partial charge is 0.430 e. The largest absolute Gasteiger partial charge is 0.772 e. The molecule has 36 heavy (non-hydrogen) atoms. The zero-order valence-electron chi connectivity index (χ0n) is 19.1. The third-order valence-corrected chi connectivity index (χ3v) is 6.97. The molecule has 0 heterocycles. The summed E-state index contributed by atoms with van der Waals surface area (Å²) in [5.41, 5.74) is -4.56. The minimum absolute atomic E-state index is 0.0179. The van der Waals surface area contributed by atoms with E-state index in [1.807, 2.05) is 0 Å². The highest BCUT2D eigenvalue weighted by Gasteiger charge is 2.73. The molecule has 1 N–H and O–H groups in total. The van der Waals surface area contributed by atoms with Gasteiger partial charge in [-0.3, -0.25) is 9.00 Å². The Morgan fingerprint density at radius 3 is 2.03 bits per heavy atom. The zero-order valence-corrected chi connectivity index (χ0v) is 19.9. The van der Waals surface area contributed by atoms with Crippen LogP contribution in [-0.2, 0) is 28.0 Å². The topological polar surface area (TPSA) is 78.5 Å². The molecule has 0 bridgehead atoms. The van der Waals surface area contributed by atoms with E-state index in [1.165, 1.54) is 6.92 Å². The van der Waals surface area contributed by atoms with Gasteiger partial charge in [0.2, 0.25) is 0 Å². The lowest BCUT2D eigenvalue weighted by Crippen LogP contribution is -2.56. The van der Waals surface area contributed by atoms with Crippen molar-refractivity contribution in [3.63, 3.8) is 0 Å². The summed E-state index contributed by atoms with van der Waals surface area (Å²) in [7, 11) is 0. The maximum atomic E-state index is 13.7. The lowest BCUT2D eigenvalue weighted by Gasteiger charge is -2.37. The van der Waals surface area contributed by atoms with Crippen molar-refractivity contribution in [2.75, 3.05) is 6.61 Å². The second kappa shape index (κ2) is 10.9. The highest BCUT2D eigenvalue weighted by atomic mass is 32.2. The summed E-state index contributed by atoms with van der Waals surface area (Å²) in [6.45, 7) is 0.630. The first-order valence-electron chi connectivity index (χ1n) is 11.1. The van der Waals surface area contributed by atoms with Gasteiger partial charge >= 0.3 is 12.4 Å². The number of nitrogens with one attached hydrogen (secondary N) is 1. The van der Waals surface area contributed by atoms with Gasteiger partial charge in [-0.05, 0) is 59.5 Å². The number of rotatable bonds is 10. The molecule has 1 fully saturated rings. The molecule has 12 heteroatoms. The first-order valence-corrected chi connectivity index (χ1v) is 12.3. The Kier molecular flexibility index (Phi) is 8.51. The van der Waals surface area contributed by atoms with Crippen LogP contribution < -0.4 is 5.32 Å². The monoisotopic (exact) mass is 536 g/mol. The van der Waals surface area contributed by atoms with E-state index < -0.39 is 52.4 Å². The molecular formula is C24H24F6NO4S-. The maximum absolute atomic E-state index is 13.7. The van der Waals surface area contributed by atoms with Crippen molar-refractivity contribution in [3.05, 3.63) is 70.8 Å². The van der Waals surface area contributed by atoms with Crippen LogP contribution in [0.15, 0.2) is 48.5 Å². The lowest BCUT2D eigenvalue weighted by atomic mass is 9.91. The highest BCUT2D eigenvalue weighted by molar-refractivity contribution is 7.79. The molecule has 2 aromatic carbocycles. The van der Waals surface area contributed by atoms with E-state index >= 15 is 0 Å². The third-order valence-electron chi connectivity index (χ3n) is 5.89. The summed E-state index contributed by atoms with van der Waals surface area (Å²) in [4.78, 5) is 12.4. The van der Waals surface area contributed by atoms with Crippen molar-refractivity contribution in [1.82, 2.24) is 5.32 Å². The molecule has 2 atom stereocenters. The van der Waals surface area contributed by atoms with E-state index in [0.29, 0.717) is 23.3 Å². The van der Waals surface area contributed by atoms with E-state index in [2.05, 4.69) is 10.1 Å². The summed E-state index contributed by atoms with van der Waals surface area (Å²) in [6, 6.07) is 9.51. The first-order chi connectivity index (χ1) is 16.8.